The highest BCUT2D eigenvalue weighted by molar-refractivity contribution is 6.01. The Kier molecular flexibility index (Phi) is 3.74. The molecule has 0 spiro atoms. The molecule has 0 fully saturated rings. The Hall–Kier alpha value is -2.94. The van der Waals surface area contributed by atoms with Crippen LogP contribution in [0.15, 0.2) is 72.8 Å². The number of fused-ring (bicyclic) bond motifs is 1. The highest BCUT2D eigenvalue weighted by Gasteiger charge is 1.98. The summed E-state index contributed by atoms with van der Waals surface area (Å²) in [5.41, 5.74) is 2.46. The van der Waals surface area contributed by atoms with Crippen molar-refractivity contribution in [3.05, 3.63) is 78.5 Å². The van der Waals surface area contributed by atoms with Crippen molar-refractivity contribution in [2.75, 3.05) is 5.32 Å². The minimum atomic E-state index is -0.170. The highest BCUT2D eigenvalue weighted by atomic mass is 16.1. The fourth-order valence-electron chi connectivity index (χ4n) is 2.04. The van der Waals surface area contributed by atoms with Gasteiger partial charge in [-0.3, -0.25) is 4.79 Å². The first-order chi connectivity index (χ1) is 10.3. The van der Waals surface area contributed by atoms with Gasteiger partial charge in [-0.05, 0) is 30.3 Å². The lowest BCUT2D eigenvalue weighted by Gasteiger charge is -2.01. The summed E-state index contributed by atoms with van der Waals surface area (Å²) in [5, 5.41) is 3.88. The molecule has 102 valence electrons. The number of carbonyl (C=O) groups excluding carboxylic acids is 1. The molecule has 21 heavy (non-hydrogen) atoms. The third-order valence-electron chi connectivity index (χ3n) is 3.07. The molecular weight excluding hydrogens is 260 g/mol. The first-order valence-electron chi connectivity index (χ1n) is 6.71. The second-order valence-electron chi connectivity index (χ2n) is 4.62. The SMILES string of the molecule is O=C(C=Cc1ccc2ccccc2n1)Nc1ccccc1. The van der Waals surface area contributed by atoms with Crippen LogP contribution in [0.1, 0.15) is 5.69 Å². The summed E-state index contributed by atoms with van der Waals surface area (Å²) in [7, 11) is 0. The van der Waals surface area contributed by atoms with Gasteiger partial charge < -0.3 is 5.32 Å². The van der Waals surface area contributed by atoms with Crippen molar-refractivity contribution in [3.63, 3.8) is 0 Å². The second-order valence-corrected chi connectivity index (χ2v) is 4.62. The van der Waals surface area contributed by atoms with Gasteiger partial charge in [-0.1, -0.05) is 42.5 Å². The van der Waals surface area contributed by atoms with Crippen LogP contribution in [0.2, 0.25) is 0 Å². The molecule has 0 radical (unpaired) electrons. The molecule has 3 aromatic rings. The van der Waals surface area contributed by atoms with Crippen molar-refractivity contribution in [1.29, 1.82) is 0 Å². The smallest absolute Gasteiger partial charge is 0.248 e. The van der Waals surface area contributed by atoms with Gasteiger partial charge in [0.05, 0.1) is 11.2 Å². The largest absolute Gasteiger partial charge is 0.323 e. The molecule has 0 bridgehead atoms. The van der Waals surface area contributed by atoms with Crippen LogP contribution < -0.4 is 5.32 Å². The van der Waals surface area contributed by atoms with Crippen LogP contribution >= 0.6 is 0 Å². The minimum absolute atomic E-state index is 0.170. The Bertz CT molecular complexity index is 794. The molecule has 2 aromatic carbocycles. The maximum atomic E-state index is 11.8. The number of para-hydroxylation sites is 2. The van der Waals surface area contributed by atoms with Gasteiger partial charge in [0.1, 0.15) is 0 Å². The molecule has 0 aliphatic carbocycles. The van der Waals surface area contributed by atoms with Gasteiger partial charge in [-0.15, -0.1) is 0 Å². The maximum absolute atomic E-state index is 11.8. The second kappa shape index (κ2) is 6.01. The van der Waals surface area contributed by atoms with E-state index in [1.54, 1.807) is 6.08 Å². The number of aromatic nitrogens is 1. The molecule has 0 aliphatic heterocycles. The summed E-state index contributed by atoms with van der Waals surface area (Å²) >= 11 is 0. The maximum Gasteiger partial charge on any atom is 0.248 e. The lowest BCUT2D eigenvalue weighted by molar-refractivity contribution is -0.111. The summed E-state index contributed by atoms with van der Waals surface area (Å²) in [5.74, 6) is -0.170. The van der Waals surface area contributed by atoms with Gasteiger partial charge in [0, 0.05) is 17.1 Å². The summed E-state index contributed by atoms with van der Waals surface area (Å²) in [6.07, 6.45) is 3.20. The Morgan fingerprint density at radius 2 is 1.67 bits per heavy atom. The highest BCUT2D eigenvalue weighted by Crippen LogP contribution is 2.12. The number of nitrogens with one attached hydrogen (secondary N) is 1. The van der Waals surface area contributed by atoms with E-state index in [0.717, 1.165) is 22.3 Å². The van der Waals surface area contributed by atoms with Crippen LogP contribution in [0.5, 0.6) is 0 Å². The first-order valence-corrected chi connectivity index (χ1v) is 6.71. The molecule has 3 rings (SSSR count). The van der Waals surface area contributed by atoms with E-state index in [1.807, 2.05) is 66.7 Å². The number of anilines is 1. The Labute approximate surface area is 123 Å². The quantitative estimate of drug-likeness (QED) is 0.736. The molecule has 0 saturated heterocycles. The number of carbonyl (C=O) groups is 1. The summed E-state index contributed by atoms with van der Waals surface area (Å²) in [6.45, 7) is 0. The lowest BCUT2D eigenvalue weighted by atomic mass is 10.2. The molecule has 0 unspecified atom stereocenters. The topological polar surface area (TPSA) is 42.0 Å². The van der Waals surface area contributed by atoms with Gasteiger partial charge in [0.2, 0.25) is 5.91 Å². The minimum Gasteiger partial charge on any atom is -0.323 e. The molecule has 0 atom stereocenters. The van der Waals surface area contributed by atoms with Crippen molar-refractivity contribution in [3.8, 4) is 0 Å². The van der Waals surface area contributed by atoms with Gasteiger partial charge in [-0.25, -0.2) is 4.98 Å². The van der Waals surface area contributed by atoms with Gasteiger partial charge in [0.25, 0.3) is 0 Å². The lowest BCUT2D eigenvalue weighted by Crippen LogP contribution is -2.07. The van der Waals surface area contributed by atoms with Gasteiger partial charge in [-0.2, -0.15) is 0 Å². The average molecular weight is 274 g/mol. The predicted molar refractivity (Wildman–Crippen MR) is 85.8 cm³/mol. The Balaban J connectivity index is 1.73. The zero-order valence-electron chi connectivity index (χ0n) is 11.4. The fourth-order valence-corrected chi connectivity index (χ4v) is 2.04. The van der Waals surface area contributed by atoms with Crippen LogP contribution in [-0.4, -0.2) is 10.9 Å². The van der Waals surface area contributed by atoms with Gasteiger partial charge >= 0.3 is 0 Å². The van der Waals surface area contributed by atoms with E-state index in [-0.39, 0.29) is 5.91 Å². The Morgan fingerprint density at radius 1 is 0.905 bits per heavy atom. The number of nitrogens with zero attached hydrogens (tertiary/aromatic N) is 1. The van der Waals surface area contributed by atoms with E-state index in [0.29, 0.717) is 0 Å². The number of hydrogen-bond donors (Lipinski definition) is 1. The number of pyridine rings is 1. The van der Waals surface area contributed by atoms with Crippen molar-refractivity contribution in [2.24, 2.45) is 0 Å². The van der Waals surface area contributed by atoms with E-state index >= 15 is 0 Å². The molecule has 0 saturated carbocycles. The molecule has 1 N–H and O–H groups in total. The third kappa shape index (κ3) is 3.34. The van der Waals surface area contributed by atoms with Crippen LogP contribution in [0.4, 0.5) is 5.69 Å². The number of rotatable bonds is 3. The van der Waals surface area contributed by atoms with E-state index in [4.69, 9.17) is 0 Å². The van der Waals surface area contributed by atoms with E-state index < -0.39 is 0 Å². The van der Waals surface area contributed by atoms with E-state index in [1.165, 1.54) is 6.08 Å². The summed E-state index contributed by atoms with van der Waals surface area (Å²) in [4.78, 5) is 16.3. The zero-order chi connectivity index (χ0) is 14.5. The third-order valence-corrected chi connectivity index (χ3v) is 3.07. The molecule has 3 nitrogen and oxygen atoms in total. The monoisotopic (exact) mass is 274 g/mol. The Morgan fingerprint density at radius 3 is 2.52 bits per heavy atom. The molecule has 1 aromatic heterocycles. The van der Waals surface area contributed by atoms with Crippen LogP contribution in [0, 0.1) is 0 Å². The van der Waals surface area contributed by atoms with E-state index in [2.05, 4.69) is 10.3 Å². The average Bonchev–Trinajstić information content (AvgIpc) is 2.54. The normalized spacial score (nSPS) is 10.9. The van der Waals surface area contributed by atoms with Crippen LogP contribution in [0.3, 0.4) is 0 Å². The molecule has 3 heteroatoms. The molecule has 0 aliphatic rings. The molecule has 1 heterocycles. The summed E-state index contributed by atoms with van der Waals surface area (Å²) < 4.78 is 0. The zero-order valence-corrected chi connectivity index (χ0v) is 11.4. The number of hydrogen-bond acceptors (Lipinski definition) is 2. The van der Waals surface area contributed by atoms with Crippen molar-refractivity contribution >= 4 is 28.6 Å². The molecular formula is C18H14N2O. The molecule has 1 amide bonds. The van der Waals surface area contributed by atoms with Crippen molar-refractivity contribution < 1.29 is 4.79 Å². The van der Waals surface area contributed by atoms with Crippen LogP contribution in [0.25, 0.3) is 17.0 Å². The summed E-state index contributed by atoms with van der Waals surface area (Å²) in [6, 6.07) is 21.1. The van der Waals surface area contributed by atoms with Gasteiger partial charge in [0.15, 0.2) is 0 Å². The van der Waals surface area contributed by atoms with Crippen molar-refractivity contribution in [1.82, 2.24) is 4.98 Å². The van der Waals surface area contributed by atoms with Crippen LogP contribution in [-0.2, 0) is 4.79 Å². The standard InChI is InChI=1S/C18H14N2O/c21-18(20-15-7-2-1-3-8-15)13-12-16-11-10-14-6-4-5-9-17(14)19-16/h1-13H,(H,20,21). The van der Waals surface area contributed by atoms with Crippen molar-refractivity contribution in [2.45, 2.75) is 0 Å². The van der Waals surface area contributed by atoms with E-state index in [9.17, 15) is 4.79 Å². The predicted octanol–water partition coefficient (Wildman–Crippen LogP) is 3.89. The number of amides is 1. The number of benzene rings is 2. The fraction of sp³-hybridized carbons (Fsp3) is 0. The first kappa shape index (κ1) is 13.1.